The number of nitrogens with zero attached hydrogens (tertiary/aromatic N) is 5. The molecule has 0 bridgehead atoms. The van der Waals surface area contributed by atoms with Crippen LogP contribution < -0.4 is 29.9 Å². The molecule has 5 aliphatic heterocycles. The number of hydrogen-bond donors (Lipinski definition) is 4. The molecular weight excluding hydrogens is 899 g/mol. The van der Waals surface area contributed by atoms with Crippen molar-refractivity contribution in [3.05, 3.63) is 100 Å². The van der Waals surface area contributed by atoms with Crippen molar-refractivity contribution in [2.45, 2.75) is 100 Å². The van der Waals surface area contributed by atoms with E-state index in [1.165, 1.54) is 49.1 Å². The number of rotatable bonds is 13. The molecule has 11 rings (SSSR count). The second-order valence-corrected chi connectivity index (χ2v) is 21.9. The maximum atomic E-state index is 14.6. The number of carbonyl (C=O) groups excluding carboxylic acids is 1. The second kappa shape index (κ2) is 18.4. The second-order valence-electron chi connectivity index (χ2n) is 20.2. The van der Waals surface area contributed by atoms with Gasteiger partial charge in [-0.25, -0.2) is 13.1 Å². The first-order chi connectivity index (χ1) is 33.4. The van der Waals surface area contributed by atoms with Crippen molar-refractivity contribution in [3.63, 3.8) is 0 Å². The molecule has 0 unspecified atom stereocenters. The summed E-state index contributed by atoms with van der Waals surface area (Å²) in [6.45, 7) is 9.56. The molecule has 1 spiro atoms. The number of para-hydroxylation sites is 1. The minimum absolute atomic E-state index is 0.111. The molecule has 5 aromatic rings. The maximum absolute atomic E-state index is 14.6. The largest absolute Gasteiger partial charge is 0.468 e. The van der Waals surface area contributed by atoms with Crippen molar-refractivity contribution in [3.8, 4) is 5.88 Å². The van der Waals surface area contributed by atoms with Gasteiger partial charge in [-0.05, 0) is 137 Å². The van der Waals surface area contributed by atoms with Crippen LogP contribution in [0.1, 0.15) is 87.2 Å². The number of anilines is 5. The monoisotopic (exact) mass is 959 g/mol. The van der Waals surface area contributed by atoms with Crippen LogP contribution in [0, 0.1) is 21.4 Å². The van der Waals surface area contributed by atoms with Crippen molar-refractivity contribution in [1.29, 1.82) is 0 Å². The summed E-state index contributed by atoms with van der Waals surface area (Å²) in [6.07, 6.45) is 9.90. The Morgan fingerprint density at radius 1 is 0.942 bits per heavy atom. The molecule has 5 fully saturated rings. The van der Waals surface area contributed by atoms with Gasteiger partial charge in [-0.2, -0.15) is 4.98 Å². The maximum Gasteiger partial charge on any atom is 0.293 e. The SMILES string of the molecule is CC(C)Nc1ccccc1[C@@H]1CCCN1C1CC2(CCN(c3ccc(C(=O)NS(=O)(=O)c4ccc(NCC5CCOCC5)c([N+](=O)[O-])c4)c(N4c5cc6cc[nH]c6nc5O[C@@H]5COC[C@H]54)c3)CC2)C1. The first-order valence-electron chi connectivity index (χ1n) is 24.6. The zero-order valence-electron chi connectivity index (χ0n) is 39.2. The molecule has 7 heterocycles. The number of aromatic nitrogens is 2. The number of benzene rings is 3. The number of ether oxygens (including phenoxy) is 3. The van der Waals surface area contributed by atoms with E-state index in [-0.39, 0.29) is 28.6 Å². The van der Waals surface area contributed by atoms with Gasteiger partial charge in [0.05, 0.1) is 40.3 Å². The lowest BCUT2D eigenvalue weighted by Crippen LogP contribution is -2.55. The van der Waals surface area contributed by atoms with Crippen LogP contribution in [0.25, 0.3) is 11.0 Å². The highest BCUT2D eigenvalue weighted by atomic mass is 32.2. The summed E-state index contributed by atoms with van der Waals surface area (Å²) in [4.78, 5) is 41.0. The predicted molar refractivity (Wildman–Crippen MR) is 264 cm³/mol. The molecule has 6 aliphatic rings. The zero-order valence-corrected chi connectivity index (χ0v) is 40.0. The Hall–Kier alpha value is -5.95. The van der Waals surface area contributed by atoms with E-state index in [4.69, 9.17) is 19.2 Å². The van der Waals surface area contributed by atoms with Crippen molar-refractivity contribution < 1.29 is 32.3 Å². The minimum atomic E-state index is -4.59. The van der Waals surface area contributed by atoms with Crippen molar-refractivity contribution in [2.24, 2.45) is 11.3 Å². The highest BCUT2D eigenvalue weighted by Gasteiger charge is 2.50. The molecule has 1 amide bonds. The van der Waals surface area contributed by atoms with Gasteiger partial charge in [-0.15, -0.1) is 0 Å². The van der Waals surface area contributed by atoms with Crippen LogP contribution in [0.3, 0.4) is 0 Å². The smallest absolute Gasteiger partial charge is 0.293 e. The van der Waals surface area contributed by atoms with Crippen molar-refractivity contribution >= 4 is 61.1 Å². The number of amides is 1. The van der Waals surface area contributed by atoms with E-state index in [2.05, 4.69) is 68.3 Å². The van der Waals surface area contributed by atoms with Gasteiger partial charge in [0.15, 0.2) is 0 Å². The summed E-state index contributed by atoms with van der Waals surface area (Å²) in [5, 5.41) is 19.9. The number of likely N-dealkylation sites (tertiary alicyclic amines) is 1. The molecule has 18 heteroatoms. The molecule has 364 valence electrons. The Balaban J connectivity index is 0.859. The fourth-order valence-electron chi connectivity index (χ4n) is 11.9. The average molecular weight is 960 g/mol. The number of nitrogens with one attached hydrogen (secondary N) is 4. The van der Waals surface area contributed by atoms with Crippen LogP contribution in [0.5, 0.6) is 5.88 Å². The summed E-state index contributed by atoms with van der Waals surface area (Å²) in [7, 11) is -4.59. The van der Waals surface area contributed by atoms with Gasteiger partial charge in [0, 0.05) is 80.0 Å². The number of fused-ring (bicyclic) bond motifs is 3. The summed E-state index contributed by atoms with van der Waals surface area (Å²) >= 11 is 0. The number of sulfonamides is 1. The van der Waals surface area contributed by atoms with Gasteiger partial charge in [0.25, 0.3) is 21.6 Å². The van der Waals surface area contributed by atoms with Gasteiger partial charge in [-0.3, -0.25) is 19.8 Å². The molecular formula is C51H61N9O8S. The number of H-pyrrole nitrogens is 1. The van der Waals surface area contributed by atoms with Crippen LogP contribution in [-0.2, 0) is 19.5 Å². The van der Waals surface area contributed by atoms with E-state index in [1.807, 2.05) is 35.4 Å². The van der Waals surface area contributed by atoms with E-state index in [9.17, 15) is 23.3 Å². The molecule has 69 heavy (non-hydrogen) atoms. The molecule has 4 saturated heterocycles. The van der Waals surface area contributed by atoms with Gasteiger partial charge in [0.2, 0.25) is 5.88 Å². The third kappa shape index (κ3) is 8.85. The average Bonchev–Trinajstić information content (AvgIpc) is 4.13. The number of aromatic amines is 1. The molecule has 3 aromatic carbocycles. The Labute approximate surface area is 402 Å². The summed E-state index contributed by atoms with van der Waals surface area (Å²) < 4.78 is 48.3. The van der Waals surface area contributed by atoms with Crippen LogP contribution in [0.2, 0.25) is 0 Å². The van der Waals surface area contributed by atoms with Crippen LogP contribution in [-0.4, -0.2) is 111 Å². The van der Waals surface area contributed by atoms with Gasteiger partial charge in [0.1, 0.15) is 23.1 Å². The van der Waals surface area contributed by atoms with Crippen LogP contribution in [0.4, 0.5) is 34.1 Å². The zero-order chi connectivity index (χ0) is 47.4. The third-order valence-electron chi connectivity index (χ3n) is 15.5. The lowest BCUT2D eigenvalue weighted by Gasteiger charge is -2.56. The number of pyridine rings is 1. The molecule has 1 saturated carbocycles. The van der Waals surface area contributed by atoms with E-state index < -0.39 is 37.5 Å². The molecule has 1 aliphatic carbocycles. The lowest BCUT2D eigenvalue weighted by molar-refractivity contribution is -0.384. The standard InChI is InChI=1S/C51H61N9O8S/c1-32(2)54-40-7-4-3-6-38(40)42-8-5-19-58(42)36-27-51(28-36)16-20-57(21-17-51)35-9-11-39(43(25-35)59-45-24-34-13-18-52-48(34)55-50(45)68-47-31-67-30-46(47)59)49(61)56-69(64,65)37-10-12-41(44(26-37)60(62)63)53-29-33-14-22-66-23-15-33/h3-4,6-7,9-13,18,24-26,32-33,36,42,46-47,53-54H,5,8,14-17,19-23,27-31H2,1-2H3,(H,52,55)(H,56,61)/t42-,46+,47+/m0/s1. The number of piperidine rings is 1. The highest BCUT2D eigenvalue weighted by Crippen LogP contribution is 2.55. The fraction of sp³-hybridized carbons (Fsp3) is 0.490. The van der Waals surface area contributed by atoms with Crippen LogP contribution in [0.15, 0.2) is 83.9 Å². The van der Waals surface area contributed by atoms with Gasteiger partial charge < -0.3 is 39.6 Å². The van der Waals surface area contributed by atoms with Crippen molar-refractivity contribution in [1.82, 2.24) is 19.6 Å². The molecule has 3 atom stereocenters. The molecule has 0 radical (unpaired) electrons. The topological polar surface area (TPSA) is 197 Å². The van der Waals surface area contributed by atoms with Gasteiger partial charge >= 0.3 is 0 Å². The Morgan fingerprint density at radius 2 is 1.75 bits per heavy atom. The van der Waals surface area contributed by atoms with E-state index >= 15 is 0 Å². The summed E-state index contributed by atoms with van der Waals surface area (Å²) in [5.41, 5.74) is 5.53. The third-order valence-corrected chi connectivity index (χ3v) is 16.8. The lowest BCUT2D eigenvalue weighted by atomic mass is 9.59. The van der Waals surface area contributed by atoms with E-state index in [1.54, 1.807) is 6.07 Å². The summed E-state index contributed by atoms with van der Waals surface area (Å²) in [5.74, 6) is -0.229. The van der Waals surface area contributed by atoms with Crippen molar-refractivity contribution in [2.75, 3.05) is 73.0 Å². The normalized spacial score (nSPS) is 22.9. The fourth-order valence-corrected chi connectivity index (χ4v) is 12.8. The summed E-state index contributed by atoms with van der Waals surface area (Å²) in [6, 6.07) is 22.9. The Morgan fingerprint density at radius 3 is 2.55 bits per heavy atom. The number of carbonyl (C=O) groups is 1. The molecule has 17 nitrogen and oxygen atoms in total. The van der Waals surface area contributed by atoms with Gasteiger partial charge in [-0.1, -0.05) is 18.2 Å². The number of hydrogen-bond acceptors (Lipinski definition) is 14. The Bertz CT molecular complexity index is 2850. The molecule has 2 aromatic heterocycles. The highest BCUT2D eigenvalue weighted by molar-refractivity contribution is 7.90. The predicted octanol–water partition coefficient (Wildman–Crippen LogP) is 8.13. The molecule has 4 N–H and O–H groups in total. The quantitative estimate of drug-likeness (QED) is 0.0652. The number of nitro groups is 1. The van der Waals surface area contributed by atoms with E-state index in [0.717, 1.165) is 62.5 Å². The minimum Gasteiger partial charge on any atom is -0.468 e. The van der Waals surface area contributed by atoms with E-state index in [0.29, 0.717) is 74.0 Å². The number of nitro benzene ring substituents is 1. The Kier molecular flexibility index (Phi) is 12.1. The van der Waals surface area contributed by atoms with Crippen LogP contribution >= 0.6 is 0 Å². The first-order valence-corrected chi connectivity index (χ1v) is 26.1. The first kappa shape index (κ1) is 45.5.